The van der Waals surface area contributed by atoms with Crippen molar-refractivity contribution < 1.29 is 13.2 Å². The second-order valence-corrected chi connectivity index (χ2v) is 4.28. The normalized spacial score (nSPS) is 11.5. The van der Waals surface area contributed by atoms with Crippen LogP contribution in [0.15, 0.2) is 30.3 Å². The summed E-state index contributed by atoms with van der Waals surface area (Å²) in [6, 6.07) is 9.18. The van der Waals surface area contributed by atoms with Crippen molar-refractivity contribution in [3.63, 3.8) is 0 Å². The van der Waals surface area contributed by atoms with Crippen molar-refractivity contribution in [1.29, 1.82) is 0 Å². The van der Waals surface area contributed by atoms with Crippen LogP contribution in [0.3, 0.4) is 0 Å². The molecule has 1 N–H and O–H groups in total. The number of alkyl halides is 3. The van der Waals surface area contributed by atoms with Crippen LogP contribution in [0.5, 0.6) is 0 Å². The van der Waals surface area contributed by atoms with Gasteiger partial charge in [-0.05, 0) is 12.1 Å². The molecule has 0 atom stereocenters. The Morgan fingerprint density at radius 1 is 1.12 bits per heavy atom. The van der Waals surface area contributed by atoms with Crippen LogP contribution >= 0.6 is 11.3 Å². The molecule has 90 valence electrons. The molecule has 0 radical (unpaired) electrons. The minimum Gasteiger partial charge on any atom is -0.378 e. The molecule has 2 rings (SSSR count). The summed E-state index contributed by atoms with van der Waals surface area (Å²) < 4.78 is 36.8. The Morgan fingerprint density at radius 3 is 2.41 bits per heavy atom. The van der Waals surface area contributed by atoms with E-state index in [1.807, 2.05) is 30.3 Å². The number of nitrogens with zero attached hydrogens (tertiary/aromatic N) is 2. The standard InChI is InChI=1S/C10H8F3N3S/c11-10(12,13)9-16-15-8(17-9)6-14-7-4-2-1-3-5-7/h1-5,14H,6H2. The molecule has 2 aromatic rings. The minimum atomic E-state index is -4.41. The molecule has 0 amide bonds. The molecule has 0 saturated heterocycles. The van der Waals surface area contributed by atoms with E-state index < -0.39 is 11.2 Å². The van der Waals surface area contributed by atoms with Gasteiger partial charge in [0.25, 0.3) is 0 Å². The Morgan fingerprint density at radius 2 is 1.82 bits per heavy atom. The quantitative estimate of drug-likeness (QED) is 0.920. The topological polar surface area (TPSA) is 37.8 Å². The van der Waals surface area contributed by atoms with Gasteiger partial charge >= 0.3 is 6.18 Å². The van der Waals surface area contributed by atoms with Gasteiger partial charge < -0.3 is 5.32 Å². The second-order valence-electron chi connectivity index (χ2n) is 3.22. The van der Waals surface area contributed by atoms with E-state index in [0.717, 1.165) is 5.69 Å². The van der Waals surface area contributed by atoms with E-state index in [2.05, 4.69) is 15.5 Å². The smallest absolute Gasteiger partial charge is 0.378 e. The molecule has 0 aliphatic carbocycles. The predicted octanol–water partition coefficient (Wildman–Crippen LogP) is 3.17. The molecule has 1 heterocycles. The first kappa shape index (κ1) is 11.8. The predicted molar refractivity (Wildman–Crippen MR) is 58.7 cm³/mol. The third-order valence-electron chi connectivity index (χ3n) is 1.93. The summed E-state index contributed by atoms with van der Waals surface area (Å²) in [4.78, 5) is 0. The van der Waals surface area contributed by atoms with Crippen LogP contribution in [-0.2, 0) is 12.7 Å². The lowest BCUT2D eigenvalue weighted by molar-refractivity contribution is -0.138. The van der Waals surface area contributed by atoms with Gasteiger partial charge in [0.1, 0.15) is 5.01 Å². The summed E-state index contributed by atoms with van der Waals surface area (Å²) in [5.41, 5.74) is 0.830. The first-order valence-corrected chi connectivity index (χ1v) is 5.56. The zero-order valence-electron chi connectivity index (χ0n) is 8.53. The van der Waals surface area contributed by atoms with Gasteiger partial charge in [-0.1, -0.05) is 29.5 Å². The van der Waals surface area contributed by atoms with Crippen molar-refractivity contribution in [2.45, 2.75) is 12.7 Å². The Labute approximate surface area is 99.3 Å². The molecule has 0 spiro atoms. The van der Waals surface area contributed by atoms with E-state index >= 15 is 0 Å². The SMILES string of the molecule is FC(F)(F)c1nnc(CNc2ccccc2)s1. The Hall–Kier alpha value is -1.63. The number of halogens is 3. The highest BCUT2D eigenvalue weighted by molar-refractivity contribution is 7.11. The number of para-hydroxylation sites is 1. The van der Waals surface area contributed by atoms with Crippen LogP contribution in [0.25, 0.3) is 0 Å². The fourth-order valence-electron chi connectivity index (χ4n) is 1.17. The molecule has 0 unspecified atom stereocenters. The summed E-state index contributed by atoms with van der Waals surface area (Å²) in [5, 5.41) is 8.95. The average Bonchev–Trinajstić information content (AvgIpc) is 2.76. The third kappa shape index (κ3) is 3.16. The summed E-state index contributed by atoms with van der Waals surface area (Å²) in [6.45, 7) is 0.234. The number of nitrogens with one attached hydrogen (secondary N) is 1. The van der Waals surface area contributed by atoms with Gasteiger partial charge in [-0.2, -0.15) is 13.2 Å². The minimum absolute atomic E-state index is 0.234. The molecule has 0 fully saturated rings. The highest BCUT2D eigenvalue weighted by atomic mass is 32.1. The zero-order valence-corrected chi connectivity index (χ0v) is 9.35. The van der Waals surface area contributed by atoms with Crippen LogP contribution in [0.1, 0.15) is 10.0 Å². The summed E-state index contributed by atoms with van der Waals surface area (Å²) in [5.74, 6) is 0. The van der Waals surface area contributed by atoms with Gasteiger partial charge in [-0.3, -0.25) is 0 Å². The molecule has 7 heteroatoms. The van der Waals surface area contributed by atoms with Gasteiger partial charge in [0.15, 0.2) is 0 Å². The maximum atomic E-state index is 12.3. The summed E-state index contributed by atoms with van der Waals surface area (Å²) in [6.07, 6.45) is -4.41. The van der Waals surface area contributed by atoms with Crippen molar-refractivity contribution in [1.82, 2.24) is 10.2 Å². The van der Waals surface area contributed by atoms with Crippen LogP contribution < -0.4 is 5.32 Å². The van der Waals surface area contributed by atoms with E-state index in [1.54, 1.807) is 0 Å². The van der Waals surface area contributed by atoms with E-state index in [9.17, 15) is 13.2 Å². The monoisotopic (exact) mass is 259 g/mol. The van der Waals surface area contributed by atoms with Crippen LogP contribution in [0.4, 0.5) is 18.9 Å². The number of rotatable bonds is 3. The molecule has 0 aliphatic rings. The van der Waals surface area contributed by atoms with Crippen molar-refractivity contribution in [3.8, 4) is 0 Å². The Bertz CT molecular complexity index is 481. The number of benzene rings is 1. The van der Waals surface area contributed by atoms with Gasteiger partial charge in [-0.25, -0.2) is 0 Å². The number of hydrogen-bond acceptors (Lipinski definition) is 4. The van der Waals surface area contributed by atoms with Crippen LogP contribution in [0, 0.1) is 0 Å². The second kappa shape index (κ2) is 4.70. The van der Waals surface area contributed by atoms with E-state index in [1.165, 1.54) is 0 Å². The molecule has 3 nitrogen and oxygen atoms in total. The average molecular weight is 259 g/mol. The molecule has 0 aliphatic heterocycles. The molecule has 0 bridgehead atoms. The highest BCUT2D eigenvalue weighted by Crippen LogP contribution is 2.31. The van der Waals surface area contributed by atoms with E-state index in [-0.39, 0.29) is 6.54 Å². The Kier molecular flexibility index (Phi) is 3.28. The van der Waals surface area contributed by atoms with E-state index in [4.69, 9.17) is 0 Å². The van der Waals surface area contributed by atoms with Crippen LogP contribution in [-0.4, -0.2) is 10.2 Å². The van der Waals surface area contributed by atoms with Gasteiger partial charge in [0.2, 0.25) is 5.01 Å². The molecular weight excluding hydrogens is 251 g/mol. The lowest BCUT2D eigenvalue weighted by atomic mass is 10.3. The van der Waals surface area contributed by atoms with Gasteiger partial charge in [0.05, 0.1) is 6.54 Å². The van der Waals surface area contributed by atoms with E-state index in [0.29, 0.717) is 16.3 Å². The lowest BCUT2D eigenvalue weighted by Crippen LogP contribution is -2.03. The van der Waals surface area contributed by atoms with Crippen molar-refractivity contribution in [2.75, 3.05) is 5.32 Å². The maximum Gasteiger partial charge on any atom is 0.445 e. The fourth-order valence-corrected chi connectivity index (χ4v) is 1.82. The first-order chi connectivity index (χ1) is 8.05. The summed E-state index contributed by atoms with van der Waals surface area (Å²) >= 11 is 0.549. The van der Waals surface area contributed by atoms with Gasteiger partial charge in [0, 0.05) is 5.69 Å². The van der Waals surface area contributed by atoms with Crippen LogP contribution in [0.2, 0.25) is 0 Å². The summed E-state index contributed by atoms with van der Waals surface area (Å²) in [7, 11) is 0. The van der Waals surface area contributed by atoms with Gasteiger partial charge in [-0.15, -0.1) is 10.2 Å². The largest absolute Gasteiger partial charge is 0.445 e. The number of anilines is 1. The van der Waals surface area contributed by atoms with Crippen molar-refractivity contribution in [3.05, 3.63) is 40.3 Å². The zero-order chi connectivity index (χ0) is 12.3. The maximum absolute atomic E-state index is 12.3. The Balaban J connectivity index is 1.99. The molecule has 1 aromatic heterocycles. The molecular formula is C10H8F3N3S. The van der Waals surface area contributed by atoms with Crippen molar-refractivity contribution in [2.24, 2.45) is 0 Å². The fraction of sp³-hybridized carbons (Fsp3) is 0.200. The third-order valence-corrected chi connectivity index (χ3v) is 2.89. The number of hydrogen-bond donors (Lipinski definition) is 1. The highest BCUT2D eigenvalue weighted by Gasteiger charge is 2.35. The molecule has 17 heavy (non-hydrogen) atoms. The lowest BCUT2D eigenvalue weighted by Gasteiger charge is -2.02. The van der Waals surface area contributed by atoms with Crippen molar-refractivity contribution >= 4 is 17.0 Å². The molecule has 0 saturated carbocycles. The first-order valence-electron chi connectivity index (χ1n) is 4.74. The number of aromatic nitrogens is 2. The molecule has 1 aromatic carbocycles.